The fourth-order valence-electron chi connectivity index (χ4n) is 1.58. The lowest BCUT2D eigenvalue weighted by Gasteiger charge is -2.19. The number of ether oxygens (including phenoxy) is 4. The molecule has 0 aliphatic carbocycles. The molecule has 6 nitrogen and oxygen atoms in total. The Morgan fingerprint density at radius 2 is 1.93 bits per heavy atom. The maximum Gasteiger partial charge on any atom is 0.302 e. The molecule has 1 unspecified atom stereocenters. The van der Waals surface area contributed by atoms with Crippen molar-refractivity contribution in [2.24, 2.45) is 0 Å². The lowest BCUT2D eigenvalue weighted by Crippen LogP contribution is -2.37. The Hall–Kier alpha value is -0.690. The van der Waals surface area contributed by atoms with Crippen LogP contribution in [0.4, 0.5) is 0 Å². The summed E-state index contributed by atoms with van der Waals surface area (Å²) in [6.45, 7) is 1.35. The molecule has 0 radical (unpaired) electrons. The predicted octanol–water partition coefficient (Wildman–Crippen LogP) is -0.703. The van der Waals surface area contributed by atoms with Gasteiger partial charge in [0.1, 0.15) is 24.9 Å². The topological polar surface area (TPSA) is 74.2 Å². The van der Waals surface area contributed by atoms with E-state index >= 15 is 0 Å². The molecule has 1 heterocycles. The zero-order chi connectivity index (χ0) is 11.4. The molecule has 0 amide bonds. The number of methoxy groups -OCH3 is 2. The van der Waals surface area contributed by atoms with Crippen molar-refractivity contribution in [3.8, 4) is 0 Å². The molecule has 0 saturated carbocycles. The van der Waals surface area contributed by atoms with Crippen LogP contribution in [0.25, 0.3) is 0 Å². The minimum Gasteiger partial charge on any atom is -0.463 e. The van der Waals surface area contributed by atoms with Crippen LogP contribution in [0.2, 0.25) is 0 Å². The second-order valence-corrected chi connectivity index (χ2v) is 3.27. The average molecular weight is 220 g/mol. The Balaban J connectivity index is 2.54. The van der Waals surface area contributed by atoms with E-state index in [1.165, 1.54) is 21.1 Å². The van der Waals surface area contributed by atoms with Crippen LogP contribution in [-0.2, 0) is 23.7 Å². The third-order valence-corrected chi connectivity index (χ3v) is 2.28. The molecule has 0 aromatic rings. The largest absolute Gasteiger partial charge is 0.463 e. The maximum absolute atomic E-state index is 10.6. The van der Waals surface area contributed by atoms with Gasteiger partial charge in [0.2, 0.25) is 0 Å². The Morgan fingerprint density at radius 1 is 1.33 bits per heavy atom. The van der Waals surface area contributed by atoms with Crippen molar-refractivity contribution in [2.75, 3.05) is 20.8 Å². The first kappa shape index (κ1) is 12.4. The van der Waals surface area contributed by atoms with E-state index in [0.29, 0.717) is 0 Å². The first-order valence-corrected chi connectivity index (χ1v) is 4.62. The average Bonchev–Trinajstić information content (AvgIpc) is 2.50. The van der Waals surface area contributed by atoms with E-state index in [-0.39, 0.29) is 6.61 Å². The number of carbonyl (C=O) groups is 1. The predicted molar refractivity (Wildman–Crippen MR) is 49.1 cm³/mol. The van der Waals surface area contributed by atoms with E-state index in [4.69, 9.17) is 18.9 Å². The summed E-state index contributed by atoms with van der Waals surface area (Å²) in [6, 6.07) is 0. The SMILES string of the molecule is CO[C@H]1[C@H](COC(C)=O)OC(O)[C@H]1OC. The normalized spacial score (nSPS) is 35.5. The molecule has 1 saturated heterocycles. The van der Waals surface area contributed by atoms with Gasteiger partial charge >= 0.3 is 5.97 Å². The van der Waals surface area contributed by atoms with Gasteiger partial charge in [0, 0.05) is 21.1 Å². The highest BCUT2D eigenvalue weighted by atomic mass is 16.7. The van der Waals surface area contributed by atoms with Gasteiger partial charge in [-0.15, -0.1) is 0 Å². The molecule has 0 aromatic heterocycles. The van der Waals surface area contributed by atoms with Gasteiger partial charge < -0.3 is 24.1 Å². The fraction of sp³-hybridized carbons (Fsp3) is 0.889. The van der Waals surface area contributed by atoms with E-state index in [1.54, 1.807) is 0 Å². The number of aliphatic hydroxyl groups excluding tert-OH is 1. The summed E-state index contributed by atoms with van der Waals surface area (Å²) in [7, 11) is 2.94. The van der Waals surface area contributed by atoms with Crippen molar-refractivity contribution >= 4 is 5.97 Å². The zero-order valence-electron chi connectivity index (χ0n) is 9.00. The van der Waals surface area contributed by atoms with Gasteiger partial charge in [0.25, 0.3) is 0 Å². The Kier molecular flexibility index (Phi) is 4.46. The van der Waals surface area contributed by atoms with E-state index in [1.807, 2.05) is 0 Å². The lowest BCUT2D eigenvalue weighted by atomic mass is 10.1. The minimum atomic E-state index is -1.06. The first-order valence-electron chi connectivity index (χ1n) is 4.62. The highest BCUT2D eigenvalue weighted by Crippen LogP contribution is 2.24. The molecule has 1 rings (SSSR count). The van der Waals surface area contributed by atoms with Crippen molar-refractivity contribution in [3.05, 3.63) is 0 Å². The van der Waals surface area contributed by atoms with Gasteiger partial charge in [-0.25, -0.2) is 0 Å². The Labute approximate surface area is 88.1 Å². The van der Waals surface area contributed by atoms with Crippen molar-refractivity contribution in [3.63, 3.8) is 0 Å². The Bertz CT molecular complexity index is 219. The van der Waals surface area contributed by atoms with Crippen LogP contribution in [-0.4, -0.2) is 56.5 Å². The molecule has 1 fully saturated rings. The molecule has 0 aromatic carbocycles. The van der Waals surface area contributed by atoms with Gasteiger partial charge in [-0.3, -0.25) is 4.79 Å². The Morgan fingerprint density at radius 3 is 2.40 bits per heavy atom. The summed E-state index contributed by atoms with van der Waals surface area (Å²) in [5.41, 5.74) is 0. The minimum absolute atomic E-state index is 0.0464. The number of esters is 1. The number of carbonyl (C=O) groups excluding carboxylic acids is 1. The standard InChI is InChI=1S/C9H16O6/c1-5(10)14-4-6-7(12-2)8(13-3)9(11)15-6/h6-9,11H,4H2,1-3H3/t6-,7-,8-,9?/m0/s1. The molecule has 4 atom stereocenters. The number of hydrogen-bond acceptors (Lipinski definition) is 6. The van der Waals surface area contributed by atoms with Gasteiger partial charge in [-0.2, -0.15) is 0 Å². The molecule has 1 aliphatic rings. The van der Waals surface area contributed by atoms with Crippen molar-refractivity contribution in [2.45, 2.75) is 31.5 Å². The molecule has 0 bridgehead atoms. The van der Waals surface area contributed by atoms with E-state index in [0.717, 1.165) is 0 Å². The summed E-state index contributed by atoms with van der Waals surface area (Å²) in [5, 5.41) is 9.46. The summed E-state index contributed by atoms with van der Waals surface area (Å²) in [4.78, 5) is 10.6. The van der Waals surface area contributed by atoms with Crippen LogP contribution in [0, 0.1) is 0 Å². The highest BCUT2D eigenvalue weighted by molar-refractivity contribution is 5.65. The fourth-order valence-corrected chi connectivity index (χ4v) is 1.58. The molecule has 0 spiro atoms. The summed E-state index contributed by atoms with van der Waals surface area (Å²) in [6.07, 6.45) is -2.56. The molecule has 15 heavy (non-hydrogen) atoms. The van der Waals surface area contributed by atoms with Gasteiger partial charge in [-0.1, -0.05) is 0 Å². The zero-order valence-corrected chi connectivity index (χ0v) is 9.00. The second kappa shape index (κ2) is 5.41. The third-order valence-electron chi connectivity index (χ3n) is 2.28. The number of aliphatic hydroxyl groups is 1. The van der Waals surface area contributed by atoms with E-state index in [2.05, 4.69) is 0 Å². The molecule has 6 heteroatoms. The monoisotopic (exact) mass is 220 g/mol. The van der Waals surface area contributed by atoms with Crippen LogP contribution in [0.15, 0.2) is 0 Å². The third kappa shape index (κ3) is 2.88. The van der Waals surface area contributed by atoms with Crippen LogP contribution < -0.4 is 0 Å². The first-order chi connectivity index (χ1) is 7.10. The molecule has 88 valence electrons. The van der Waals surface area contributed by atoms with Crippen molar-refractivity contribution in [1.82, 2.24) is 0 Å². The maximum atomic E-state index is 10.6. The second-order valence-electron chi connectivity index (χ2n) is 3.27. The van der Waals surface area contributed by atoms with Crippen LogP contribution in [0.5, 0.6) is 0 Å². The lowest BCUT2D eigenvalue weighted by molar-refractivity contribution is -0.157. The molecule has 1 N–H and O–H groups in total. The summed E-state index contributed by atoms with van der Waals surface area (Å²) < 4.78 is 20.1. The number of rotatable bonds is 4. The number of hydrogen-bond donors (Lipinski definition) is 1. The summed E-state index contributed by atoms with van der Waals surface area (Å²) >= 11 is 0. The van der Waals surface area contributed by atoms with E-state index in [9.17, 15) is 9.90 Å². The van der Waals surface area contributed by atoms with Gasteiger partial charge in [0.15, 0.2) is 6.29 Å². The molecule has 1 aliphatic heterocycles. The quantitative estimate of drug-likeness (QED) is 0.631. The van der Waals surface area contributed by atoms with Crippen molar-refractivity contribution in [1.29, 1.82) is 0 Å². The highest BCUT2D eigenvalue weighted by Gasteiger charge is 2.45. The van der Waals surface area contributed by atoms with Crippen molar-refractivity contribution < 1.29 is 28.8 Å². The molecular formula is C9H16O6. The van der Waals surface area contributed by atoms with Crippen LogP contribution >= 0.6 is 0 Å². The van der Waals surface area contributed by atoms with Crippen LogP contribution in [0.1, 0.15) is 6.92 Å². The van der Waals surface area contributed by atoms with Gasteiger partial charge in [-0.05, 0) is 0 Å². The smallest absolute Gasteiger partial charge is 0.302 e. The summed E-state index contributed by atoms with van der Waals surface area (Å²) in [5.74, 6) is -0.399. The van der Waals surface area contributed by atoms with Crippen LogP contribution in [0.3, 0.4) is 0 Å². The molecular weight excluding hydrogens is 204 g/mol. The van der Waals surface area contributed by atoms with Gasteiger partial charge in [0.05, 0.1) is 0 Å². The van der Waals surface area contributed by atoms with E-state index < -0.39 is 30.6 Å².